The molecule has 0 radical (unpaired) electrons. The molecule has 11 nitrogen and oxygen atoms in total. The summed E-state index contributed by atoms with van der Waals surface area (Å²) in [5, 5.41) is 8.88. The summed E-state index contributed by atoms with van der Waals surface area (Å²) in [6.45, 7) is 2.80. The van der Waals surface area contributed by atoms with Crippen LogP contribution in [0.4, 0.5) is 0 Å². The lowest BCUT2D eigenvalue weighted by molar-refractivity contribution is -0.161. The number of phosphoric ester groups is 1. The van der Waals surface area contributed by atoms with Crippen LogP contribution in [0.1, 0.15) is 206 Å². The Balaban J connectivity index is 4.33. The maximum atomic E-state index is 12.6. The second-order valence-corrected chi connectivity index (χ2v) is 16.3. The van der Waals surface area contributed by atoms with Gasteiger partial charge in [0, 0.05) is 12.8 Å². The van der Waals surface area contributed by atoms with Gasteiger partial charge in [-0.05, 0) is 38.5 Å². The molecule has 4 N–H and O–H groups in total. The molecule has 0 aliphatic heterocycles. The summed E-state index contributed by atoms with van der Waals surface area (Å²) in [6.07, 6.45) is 37.1. The summed E-state index contributed by atoms with van der Waals surface area (Å²) in [5.41, 5.74) is 5.33. The molecule has 0 saturated carbocycles. The normalized spacial score (nSPS) is 13.9. The number of hydrogen-bond acceptors (Lipinski definition) is 9. The average Bonchev–Trinajstić information content (AvgIpc) is 3.14. The summed E-state index contributed by atoms with van der Waals surface area (Å²) in [7, 11) is -4.71. The van der Waals surface area contributed by atoms with Gasteiger partial charge in [-0.2, -0.15) is 0 Å². The number of carboxylic acids is 1. The first kappa shape index (κ1) is 52.2. The summed E-state index contributed by atoms with van der Waals surface area (Å²) >= 11 is 0. The zero-order chi connectivity index (χ0) is 40.0. The molecule has 3 atom stereocenters. The predicted octanol–water partition coefficient (Wildman–Crippen LogP) is 11.3. The number of ether oxygens (including phenoxy) is 2. The van der Waals surface area contributed by atoms with E-state index in [1.165, 1.54) is 122 Å². The third-order valence-corrected chi connectivity index (χ3v) is 10.5. The summed E-state index contributed by atoms with van der Waals surface area (Å²) in [4.78, 5) is 45.9. The minimum absolute atomic E-state index is 0.145. The lowest BCUT2D eigenvalue weighted by atomic mass is 10.0. The van der Waals surface area contributed by atoms with Gasteiger partial charge in [-0.3, -0.25) is 23.4 Å². The van der Waals surface area contributed by atoms with Crippen molar-refractivity contribution in [3.05, 3.63) is 12.2 Å². The zero-order valence-corrected chi connectivity index (χ0v) is 35.2. The van der Waals surface area contributed by atoms with Crippen molar-refractivity contribution in [2.75, 3.05) is 19.8 Å². The van der Waals surface area contributed by atoms with E-state index in [0.717, 1.165) is 44.9 Å². The molecule has 0 aliphatic carbocycles. The van der Waals surface area contributed by atoms with Crippen LogP contribution < -0.4 is 5.73 Å². The number of aliphatic carboxylic acids is 1. The Bertz CT molecular complexity index is 979. The Kier molecular flexibility index (Phi) is 36.9. The van der Waals surface area contributed by atoms with Gasteiger partial charge in [0.15, 0.2) is 6.10 Å². The van der Waals surface area contributed by atoms with Gasteiger partial charge in [-0.25, -0.2) is 4.57 Å². The quantitative estimate of drug-likeness (QED) is 0.0233. The zero-order valence-electron chi connectivity index (χ0n) is 34.3. The Labute approximate surface area is 328 Å². The maximum Gasteiger partial charge on any atom is 0.472 e. The molecule has 318 valence electrons. The van der Waals surface area contributed by atoms with Crippen LogP contribution in [0.15, 0.2) is 12.2 Å². The molecule has 0 aromatic rings. The van der Waals surface area contributed by atoms with Crippen molar-refractivity contribution in [3.63, 3.8) is 0 Å². The third-order valence-electron chi connectivity index (χ3n) is 9.51. The van der Waals surface area contributed by atoms with Gasteiger partial charge in [0.2, 0.25) is 0 Å². The van der Waals surface area contributed by atoms with E-state index in [1.807, 2.05) is 0 Å². The second-order valence-electron chi connectivity index (χ2n) is 14.8. The molecule has 0 fully saturated rings. The van der Waals surface area contributed by atoms with Gasteiger partial charge in [0.05, 0.1) is 13.2 Å². The average molecular weight is 790 g/mol. The fourth-order valence-electron chi connectivity index (χ4n) is 6.06. The highest BCUT2D eigenvalue weighted by molar-refractivity contribution is 7.47. The number of hydrogen-bond donors (Lipinski definition) is 3. The van der Waals surface area contributed by atoms with Gasteiger partial charge >= 0.3 is 25.7 Å². The first-order valence-electron chi connectivity index (χ1n) is 21.7. The van der Waals surface area contributed by atoms with Crippen LogP contribution in [0.3, 0.4) is 0 Å². The van der Waals surface area contributed by atoms with Crippen LogP contribution in [0.5, 0.6) is 0 Å². The Morgan fingerprint density at radius 1 is 0.556 bits per heavy atom. The molecule has 0 aromatic carbocycles. The molecule has 12 heteroatoms. The van der Waals surface area contributed by atoms with E-state index < -0.39 is 51.1 Å². The molecule has 0 spiro atoms. The van der Waals surface area contributed by atoms with Gasteiger partial charge in [0.1, 0.15) is 12.6 Å². The van der Waals surface area contributed by atoms with Crippen molar-refractivity contribution >= 4 is 25.7 Å². The number of carboxylic acid groups (broad SMARTS) is 1. The second kappa shape index (κ2) is 38.1. The third kappa shape index (κ3) is 37.2. The van der Waals surface area contributed by atoms with Crippen molar-refractivity contribution in [2.24, 2.45) is 5.73 Å². The lowest BCUT2D eigenvalue weighted by Gasteiger charge is -2.20. The minimum Gasteiger partial charge on any atom is -0.480 e. The molecular formula is C42H80NO10P. The van der Waals surface area contributed by atoms with Crippen molar-refractivity contribution in [3.8, 4) is 0 Å². The Hall–Kier alpha value is -1.78. The molecule has 0 amide bonds. The lowest BCUT2D eigenvalue weighted by Crippen LogP contribution is -2.34. The molecule has 0 bridgehead atoms. The van der Waals surface area contributed by atoms with Gasteiger partial charge in [0.25, 0.3) is 0 Å². The number of carbonyl (C=O) groups excluding carboxylic acids is 2. The number of allylic oxidation sites excluding steroid dienone is 2. The fourth-order valence-corrected chi connectivity index (χ4v) is 6.84. The van der Waals surface area contributed by atoms with Gasteiger partial charge < -0.3 is 25.2 Å². The Morgan fingerprint density at radius 2 is 0.926 bits per heavy atom. The monoisotopic (exact) mass is 790 g/mol. The smallest absolute Gasteiger partial charge is 0.472 e. The highest BCUT2D eigenvalue weighted by atomic mass is 31.2. The SMILES string of the molecule is CCCCCCCC/C=C/CCCCCC(=O)O[C@H](COC(=O)CCCCCCCCCCCCCCCCCCC)COP(=O)(O)OC[C@H](N)C(=O)O. The largest absolute Gasteiger partial charge is 0.480 e. The summed E-state index contributed by atoms with van der Waals surface area (Å²) < 4.78 is 32.6. The topological polar surface area (TPSA) is 172 Å². The molecule has 0 aliphatic rings. The van der Waals surface area contributed by atoms with Crippen LogP contribution in [0.25, 0.3) is 0 Å². The van der Waals surface area contributed by atoms with E-state index >= 15 is 0 Å². The molecule has 0 heterocycles. The van der Waals surface area contributed by atoms with Crippen LogP contribution in [0, 0.1) is 0 Å². The number of esters is 2. The minimum atomic E-state index is -4.71. The summed E-state index contributed by atoms with van der Waals surface area (Å²) in [5.74, 6) is -2.39. The molecule has 54 heavy (non-hydrogen) atoms. The van der Waals surface area contributed by atoms with Gasteiger partial charge in [-0.1, -0.05) is 167 Å². The predicted molar refractivity (Wildman–Crippen MR) is 217 cm³/mol. The molecule has 0 rings (SSSR count). The first-order valence-corrected chi connectivity index (χ1v) is 23.2. The van der Waals surface area contributed by atoms with Crippen molar-refractivity contribution in [2.45, 2.75) is 219 Å². The number of phosphoric acid groups is 1. The van der Waals surface area contributed by atoms with E-state index in [4.69, 9.17) is 24.8 Å². The first-order chi connectivity index (χ1) is 26.1. The van der Waals surface area contributed by atoms with Crippen molar-refractivity contribution < 1.29 is 47.5 Å². The van der Waals surface area contributed by atoms with E-state index in [2.05, 4.69) is 30.5 Å². The number of rotatable bonds is 41. The highest BCUT2D eigenvalue weighted by Crippen LogP contribution is 2.43. The molecular weight excluding hydrogens is 709 g/mol. The van der Waals surface area contributed by atoms with Crippen LogP contribution in [-0.4, -0.2) is 59.9 Å². The van der Waals surface area contributed by atoms with E-state index in [-0.39, 0.29) is 19.4 Å². The van der Waals surface area contributed by atoms with Crippen LogP contribution in [0.2, 0.25) is 0 Å². The van der Waals surface area contributed by atoms with Crippen LogP contribution >= 0.6 is 7.82 Å². The number of carbonyl (C=O) groups is 3. The van der Waals surface area contributed by atoms with Crippen molar-refractivity contribution in [1.82, 2.24) is 0 Å². The van der Waals surface area contributed by atoms with Crippen molar-refractivity contribution in [1.29, 1.82) is 0 Å². The fraction of sp³-hybridized carbons (Fsp3) is 0.881. The summed E-state index contributed by atoms with van der Waals surface area (Å²) in [6, 6.07) is -1.52. The van der Waals surface area contributed by atoms with E-state index in [9.17, 15) is 23.8 Å². The van der Waals surface area contributed by atoms with E-state index in [1.54, 1.807) is 0 Å². The molecule has 1 unspecified atom stereocenters. The Morgan fingerprint density at radius 3 is 1.37 bits per heavy atom. The van der Waals surface area contributed by atoms with Crippen LogP contribution in [-0.2, 0) is 37.5 Å². The number of nitrogens with two attached hydrogens (primary N) is 1. The number of unbranched alkanes of at least 4 members (excludes halogenated alkanes) is 25. The standard InChI is InChI=1S/C42H80NO10P/c1-3-5-7-9-11-13-15-17-18-19-20-22-23-25-27-29-31-33-40(44)50-35-38(36-51-54(48,49)52-37-39(43)42(46)47)53-41(45)34-32-30-28-26-24-21-16-14-12-10-8-6-4-2/h21,24,38-39H,3-20,22-23,25-37,43H2,1-2H3,(H,46,47)(H,48,49)/b24-21+/t38-,39+/m1/s1. The highest BCUT2D eigenvalue weighted by Gasteiger charge is 2.28. The van der Waals surface area contributed by atoms with Gasteiger partial charge in [-0.15, -0.1) is 0 Å². The van der Waals surface area contributed by atoms with E-state index in [0.29, 0.717) is 12.8 Å². The molecule has 0 saturated heterocycles. The molecule has 0 aromatic heterocycles. The maximum absolute atomic E-state index is 12.6.